The zero-order valence-electron chi connectivity index (χ0n) is 21.6. The Morgan fingerprint density at radius 3 is 2.00 bits per heavy atom. The number of oxime groups is 1. The van der Waals surface area contributed by atoms with Gasteiger partial charge in [0.25, 0.3) is 0 Å². The molecule has 0 aliphatic carbocycles. The minimum atomic E-state index is -0.0724. The molecule has 0 saturated carbocycles. The van der Waals surface area contributed by atoms with Crippen molar-refractivity contribution >= 4 is 18.0 Å². The summed E-state index contributed by atoms with van der Waals surface area (Å²) in [6.45, 7) is 6.51. The molecule has 1 rings (SSSR count). The first-order chi connectivity index (χ1) is 16.1. The molecular weight excluding hydrogens is 414 g/mol. The van der Waals surface area contributed by atoms with Gasteiger partial charge in [-0.3, -0.25) is 9.59 Å². The molecular formula is C27H51N3O3. The number of rotatable bonds is 20. The van der Waals surface area contributed by atoms with Crippen LogP contribution < -0.4 is 5.32 Å². The quantitative estimate of drug-likeness (QED) is 0.131. The molecule has 6 nitrogen and oxygen atoms in total. The Kier molecular flexibility index (Phi) is 18.7. The van der Waals surface area contributed by atoms with Gasteiger partial charge in [-0.2, -0.15) is 0 Å². The van der Waals surface area contributed by atoms with Crippen LogP contribution in [0.25, 0.3) is 0 Å². The van der Waals surface area contributed by atoms with Crippen LogP contribution in [0.5, 0.6) is 0 Å². The highest BCUT2D eigenvalue weighted by molar-refractivity contribution is 5.76. The Morgan fingerprint density at radius 1 is 0.909 bits per heavy atom. The normalized spacial score (nSPS) is 14.7. The van der Waals surface area contributed by atoms with Gasteiger partial charge in [0.2, 0.25) is 11.8 Å². The summed E-state index contributed by atoms with van der Waals surface area (Å²) in [6, 6.07) is 0. The van der Waals surface area contributed by atoms with E-state index in [2.05, 4.69) is 22.3 Å². The van der Waals surface area contributed by atoms with Gasteiger partial charge in [-0.1, -0.05) is 89.1 Å². The third kappa shape index (κ3) is 17.5. The van der Waals surface area contributed by atoms with Gasteiger partial charge in [-0.25, -0.2) is 0 Å². The fraction of sp³-hybridized carbons (Fsp3) is 0.889. The first-order valence-corrected chi connectivity index (χ1v) is 13.8. The van der Waals surface area contributed by atoms with Crippen LogP contribution in [0.15, 0.2) is 5.16 Å². The van der Waals surface area contributed by atoms with Crippen LogP contribution >= 0.6 is 0 Å². The van der Waals surface area contributed by atoms with E-state index in [9.17, 15) is 9.59 Å². The highest BCUT2D eigenvalue weighted by Crippen LogP contribution is 2.21. The molecule has 0 aromatic heterocycles. The molecule has 0 aromatic carbocycles. The lowest BCUT2D eigenvalue weighted by molar-refractivity contribution is -0.132. The number of amides is 2. The molecule has 6 heteroatoms. The fourth-order valence-electron chi connectivity index (χ4n) is 4.47. The number of nitrogens with one attached hydrogen (secondary N) is 1. The summed E-state index contributed by atoms with van der Waals surface area (Å²) in [5, 5.41) is 6.49. The molecule has 0 unspecified atom stereocenters. The van der Waals surface area contributed by atoms with Gasteiger partial charge < -0.3 is 15.1 Å². The van der Waals surface area contributed by atoms with Gasteiger partial charge in [0.1, 0.15) is 6.61 Å². The topological polar surface area (TPSA) is 71.0 Å². The Morgan fingerprint density at radius 2 is 1.45 bits per heavy atom. The minimum absolute atomic E-state index is 0.0724. The van der Waals surface area contributed by atoms with E-state index in [4.69, 9.17) is 4.84 Å². The lowest BCUT2D eigenvalue weighted by Crippen LogP contribution is -2.38. The Bertz CT molecular complexity index is 517. The summed E-state index contributed by atoms with van der Waals surface area (Å²) < 4.78 is 0. The average Bonchev–Trinajstić information content (AvgIpc) is 2.81. The highest BCUT2D eigenvalue weighted by Gasteiger charge is 2.22. The van der Waals surface area contributed by atoms with Crippen molar-refractivity contribution in [3.05, 3.63) is 0 Å². The number of hydrogen-bond acceptors (Lipinski definition) is 4. The third-order valence-corrected chi connectivity index (χ3v) is 6.67. The molecule has 1 fully saturated rings. The number of hydrogen-bond donors (Lipinski definition) is 1. The zero-order chi connectivity index (χ0) is 24.0. The molecule has 192 valence electrons. The minimum Gasteiger partial charge on any atom is -0.396 e. The summed E-state index contributed by atoms with van der Waals surface area (Å²) in [5.74, 6) is 0.878. The number of carbonyl (C=O) groups is 2. The van der Waals surface area contributed by atoms with Gasteiger partial charge in [0, 0.05) is 26.4 Å². The molecule has 1 N–H and O–H groups in total. The standard InChI is InChI=1S/C27H51N3O3/c1-3-4-5-6-7-8-9-10-11-12-13-14-15-16-27(32)30-22-17-26(18-23-30)19-24-33-29-21-20-28-25(2)31/h21,26H,3-20,22-24H2,1-2H3,(H,28,31)/b29-21+. The monoisotopic (exact) mass is 465 g/mol. The second-order valence-corrected chi connectivity index (χ2v) is 9.66. The van der Waals surface area contributed by atoms with E-state index < -0.39 is 0 Å². The third-order valence-electron chi connectivity index (χ3n) is 6.67. The SMILES string of the molecule is CCCCCCCCCCCCCCCC(=O)N1CCC(CCO/N=C/CNC(C)=O)CC1. The molecule has 1 aliphatic rings. The predicted octanol–water partition coefficient (Wildman–Crippen LogP) is 6.23. The van der Waals surface area contributed by atoms with Crippen molar-refractivity contribution in [3.63, 3.8) is 0 Å². The van der Waals surface area contributed by atoms with Gasteiger partial charge in [0.05, 0.1) is 12.8 Å². The first-order valence-electron chi connectivity index (χ1n) is 13.8. The Balaban J connectivity index is 1.90. The second-order valence-electron chi connectivity index (χ2n) is 9.66. The molecule has 0 spiro atoms. The van der Waals surface area contributed by atoms with E-state index >= 15 is 0 Å². The van der Waals surface area contributed by atoms with E-state index in [-0.39, 0.29) is 5.91 Å². The molecule has 33 heavy (non-hydrogen) atoms. The largest absolute Gasteiger partial charge is 0.396 e. The van der Waals surface area contributed by atoms with Crippen LogP contribution in [0.3, 0.4) is 0 Å². The highest BCUT2D eigenvalue weighted by atomic mass is 16.6. The first kappa shape index (κ1) is 29.4. The second kappa shape index (κ2) is 21.0. The summed E-state index contributed by atoms with van der Waals surface area (Å²) in [5.41, 5.74) is 0. The van der Waals surface area contributed by atoms with Crippen LogP contribution in [0, 0.1) is 5.92 Å². The van der Waals surface area contributed by atoms with Crippen molar-refractivity contribution < 1.29 is 14.4 Å². The number of unbranched alkanes of at least 4 members (excludes halogenated alkanes) is 12. The Hall–Kier alpha value is -1.59. The molecule has 1 heterocycles. The predicted molar refractivity (Wildman–Crippen MR) is 137 cm³/mol. The van der Waals surface area contributed by atoms with E-state index in [1.807, 2.05) is 0 Å². The van der Waals surface area contributed by atoms with E-state index in [0.717, 1.165) is 38.8 Å². The number of carbonyl (C=O) groups excluding carboxylic acids is 2. The van der Waals surface area contributed by atoms with Crippen molar-refractivity contribution in [1.29, 1.82) is 0 Å². The smallest absolute Gasteiger partial charge is 0.222 e. The molecule has 0 aromatic rings. The number of nitrogens with zero attached hydrogens (tertiary/aromatic N) is 2. The van der Waals surface area contributed by atoms with Crippen molar-refractivity contribution in [1.82, 2.24) is 10.2 Å². The number of piperidine rings is 1. The van der Waals surface area contributed by atoms with Crippen molar-refractivity contribution in [2.24, 2.45) is 11.1 Å². The number of likely N-dealkylation sites (tertiary alicyclic amines) is 1. The maximum absolute atomic E-state index is 12.5. The van der Waals surface area contributed by atoms with Crippen LogP contribution in [-0.4, -0.2) is 49.2 Å². The van der Waals surface area contributed by atoms with Crippen LogP contribution in [0.2, 0.25) is 0 Å². The van der Waals surface area contributed by atoms with Gasteiger partial charge in [0.15, 0.2) is 0 Å². The van der Waals surface area contributed by atoms with Gasteiger partial charge in [-0.15, -0.1) is 0 Å². The lowest BCUT2D eigenvalue weighted by atomic mass is 9.93. The summed E-state index contributed by atoms with van der Waals surface area (Å²) in [4.78, 5) is 30.5. The summed E-state index contributed by atoms with van der Waals surface area (Å²) in [7, 11) is 0. The molecule has 1 aliphatic heterocycles. The van der Waals surface area contributed by atoms with E-state index in [0.29, 0.717) is 31.4 Å². The van der Waals surface area contributed by atoms with Crippen molar-refractivity contribution in [2.75, 3.05) is 26.2 Å². The van der Waals surface area contributed by atoms with Crippen LogP contribution in [0.4, 0.5) is 0 Å². The maximum atomic E-state index is 12.5. The van der Waals surface area contributed by atoms with Crippen LogP contribution in [-0.2, 0) is 14.4 Å². The van der Waals surface area contributed by atoms with E-state index in [1.165, 1.54) is 84.0 Å². The fourth-order valence-corrected chi connectivity index (χ4v) is 4.47. The average molecular weight is 466 g/mol. The maximum Gasteiger partial charge on any atom is 0.222 e. The van der Waals surface area contributed by atoms with E-state index in [1.54, 1.807) is 6.21 Å². The van der Waals surface area contributed by atoms with Crippen molar-refractivity contribution in [3.8, 4) is 0 Å². The van der Waals surface area contributed by atoms with Gasteiger partial charge >= 0.3 is 0 Å². The molecule has 2 amide bonds. The summed E-state index contributed by atoms with van der Waals surface area (Å²) >= 11 is 0. The van der Waals surface area contributed by atoms with Crippen molar-refractivity contribution in [2.45, 2.75) is 123 Å². The molecule has 0 atom stereocenters. The van der Waals surface area contributed by atoms with Gasteiger partial charge in [-0.05, 0) is 31.6 Å². The Labute approximate surface area is 203 Å². The zero-order valence-corrected chi connectivity index (χ0v) is 21.6. The molecule has 0 bridgehead atoms. The van der Waals surface area contributed by atoms with Crippen LogP contribution in [0.1, 0.15) is 123 Å². The molecule has 0 radical (unpaired) electrons. The summed E-state index contributed by atoms with van der Waals surface area (Å²) in [6.07, 6.45) is 22.8. The molecule has 1 saturated heterocycles. The lowest BCUT2D eigenvalue weighted by Gasteiger charge is -2.32.